The minimum atomic E-state index is -1.49. The van der Waals surface area contributed by atoms with E-state index in [0.717, 1.165) is 0 Å². The highest BCUT2D eigenvalue weighted by atomic mass is 16.7. The molecule has 0 aromatic rings. The van der Waals surface area contributed by atoms with Crippen LogP contribution in [0.4, 0.5) is 0 Å². The van der Waals surface area contributed by atoms with Gasteiger partial charge in [-0.05, 0) is 60.0 Å². The topological polar surface area (TPSA) is 206 Å². The molecule has 3 rings (SSSR count). The quantitative estimate of drug-likeness (QED) is 0.156. The Labute approximate surface area is 330 Å². The number of rotatable bonds is 11. The van der Waals surface area contributed by atoms with Crippen molar-refractivity contribution in [2.45, 2.75) is 172 Å². The Morgan fingerprint density at radius 2 is 1.71 bits per heavy atom. The van der Waals surface area contributed by atoms with Gasteiger partial charge in [0.2, 0.25) is 0 Å². The van der Waals surface area contributed by atoms with E-state index in [1.807, 2.05) is 13.0 Å². The minimum absolute atomic E-state index is 0.000768. The number of methoxy groups -OCH3 is 1. The number of ether oxygens (including phenoxy) is 8. The smallest absolute Gasteiger partial charge is 0.309 e. The molecule has 2 fully saturated rings. The summed E-state index contributed by atoms with van der Waals surface area (Å²) in [6, 6.07) is -0.778. The van der Waals surface area contributed by atoms with Crippen molar-refractivity contribution >= 4 is 24.2 Å². The number of aliphatic hydroxyl groups excluding tert-OH is 2. The van der Waals surface area contributed by atoms with Crippen molar-refractivity contribution in [1.82, 2.24) is 4.90 Å². The first kappa shape index (κ1) is 47.6. The molecule has 56 heavy (non-hydrogen) atoms. The molecule has 0 aromatic carbocycles. The fourth-order valence-electron chi connectivity index (χ4n) is 7.77. The van der Waals surface area contributed by atoms with Gasteiger partial charge in [0.25, 0.3) is 0 Å². The summed E-state index contributed by atoms with van der Waals surface area (Å²) in [4.78, 5) is 51.8. The average molecular weight is 800 g/mol. The highest BCUT2D eigenvalue weighted by Crippen LogP contribution is 2.37. The lowest BCUT2D eigenvalue weighted by molar-refractivity contribution is -0.344. The molecule has 0 aliphatic carbocycles. The minimum Gasteiger partial charge on any atom is -0.462 e. The predicted molar refractivity (Wildman–Crippen MR) is 201 cm³/mol. The molecular weight excluding hydrogens is 734 g/mol. The van der Waals surface area contributed by atoms with Crippen molar-refractivity contribution in [3.8, 4) is 0 Å². The van der Waals surface area contributed by atoms with Crippen LogP contribution in [0.5, 0.6) is 0 Å². The van der Waals surface area contributed by atoms with Crippen molar-refractivity contribution in [2.75, 3.05) is 21.2 Å². The van der Waals surface area contributed by atoms with Gasteiger partial charge in [-0.3, -0.25) is 14.4 Å². The van der Waals surface area contributed by atoms with E-state index in [-0.39, 0.29) is 25.7 Å². The molecule has 3 aliphatic heterocycles. The first-order chi connectivity index (χ1) is 26.3. The molecule has 3 heterocycles. The second-order valence-corrected chi connectivity index (χ2v) is 15.7. The van der Waals surface area contributed by atoms with Gasteiger partial charge in [-0.1, -0.05) is 38.2 Å². The van der Waals surface area contributed by atoms with Gasteiger partial charge >= 0.3 is 17.9 Å². The second kappa shape index (κ2) is 21.8. The molecule has 0 spiro atoms. The monoisotopic (exact) mass is 799 g/mol. The van der Waals surface area contributed by atoms with Crippen LogP contribution in [0.15, 0.2) is 24.3 Å². The standard InChI is InChI=1S/C40H65NO15/c1-11-30(45)54-29-20-31(46)50-23(3)15-13-12-14-16-28(44)22(2)19-27(17-18-42)36(37(29)49-10)56-39-34(47)33(41(8)9)35(24(4)52-39)55-32-21-40(7,48)38(25(5)51-32)53-26(6)43/h12-14,16,18,22-25,27-29,32-39,44,47-48H,11,15,17,19-21H2,1-10H3/b13-12+,16-14+/t22-,23-,24-,25+,27+,28+,29-,32+,33-,34-,35-,36+,37+,38+,39+,40-/m1/s1. The molecule has 0 aromatic heterocycles. The fraction of sp³-hybridized carbons (Fsp3) is 0.800. The molecule has 16 nitrogen and oxygen atoms in total. The number of hydrogen-bond acceptors (Lipinski definition) is 16. The lowest BCUT2D eigenvalue weighted by atomic mass is 9.82. The van der Waals surface area contributed by atoms with E-state index in [2.05, 4.69) is 0 Å². The number of nitrogens with zero attached hydrogens (tertiary/aromatic N) is 1. The van der Waals surface area contributed by atoms with E-state index in [9.17, 15) is 34.5 Å². The van der Waals surface area contributed by atoms with Crippen LogP contribution < -0.4 is 0 Å². The number of carbonyl (C=O) groups is 4. The maximum Gasteiger partial charge on any atom is 0.309 e. The molecule has 0 bridgehead atoms. The van der Waals surface area contributed by atoms with Gasteiger partial charge in [0.15, 0.2) is 18.7 Å². The number of likely N-dealkylation sites (N-methyl/N-ethyl adjacent to an activating group) is 1. The van der Waals surface area contributed by atoms with Crippen LogP contribution in [-0.2, 0) is 57.1 Å². The fourth-order valence-corrected chi connectivity index (χ4v) is 7.77. The molecule has 16 heteroatoms. The number of cyclic esters (lactones) is 1. The van der Waals surface area contributed by atoms with Gasteiger partial charge in [0.05, 0.1) is 36.9 Å². The Bertz CT molecular complexity index is 1340. The molecule has 320 valence electrons. The summed E-state index contributed by atoms with van der Waals surface area (Å²) >= 11 is 0. The summed E-state index contributed by atoms with van der Waals surface area (Å²) in [6.07, 6.45) is -4.23. The van der Waals surface area contributed by atoms with Crippen LogP contribution in [0.3, 0.4) is 0 Å². The molecule has 0 unspecified atom stereocenters. The summed E-state index contributed by atoms with van der Waals surface area (Å²) in [7, 11) is 4.85. The van der Waals surface area contributed by atoms with E-state index >= 15 is 0 Å². The summed E-state index contributed by atoms with van der Waals surface area (Å²) in [6.45, 7) is 11.3. The lowest BCUT2D eigenvalue weighted by Gasteiger charge is -2.50. The number of aldehydes is 1. The van der Waals surface area contributed by atoms with Gasteiger partial charge < -0.3 is 62.9 Å². The third-order valence-corrected chi connectivity index (χ3v) is 10.6. The Morgan fingerprint density at radius 1 is 1.02 bits per heavy atom. The SMILES string of the molecule is CCC(=O)O[C@@H]1CC(=O)O[C@H](C)C/C=C/C=C/[C@H](O)[C@H](C)C[C@H](CC=O)[C@H](O[C@@H]2O[C@H](C)[C@@H](O[C@H]3C[C@@](C)(O)[C@@H](OC(C)=O)[C@H](C)O3)[C@H](N(C)C)[C@H]2O)[C@H]1OC. The summed E-state index contributed by atoms with van der Waals surface area (Å²) in [5.74, 6) is -2.91. The zero-order valence-electron chi connectivity index (χ0n) is 34.5. The number of carbonyl (C=O) groups excluding carboxylic acids is 4. The third kappa shape index (κ3) is 13.1. The molecule has 0 radical (unpaired) electrons. The van der Waals surface area contributed by atoms with Crippen LogP contribution >= 0.6 is 0 Å². The Kier molecular flexibility index (Phi) is 18.5. The molecule has 16 atom stereocenters. The van der Waals surface area contributed by atoms with E-state index in [0.29, 0.717) is 12.7 Å². The summed E-state index contributed by atoms with van der Waals surface area (Å²) in [5.41, 5.74) is -1.49. The number of aliphatic hydroxyl groups is 3. The van der Waals surface area contributed by atoms with Gasteiger partial charge in [-0.25, -0.2) is 0 Å². The number of esters is 3. The predicted octanol–water partition coefficient (Wildman–Crippen LogP) is 2.38. The molecule has 0 amide bonds. The van der Waals surface area contributed by atoms with Crippen LogP contribution in [-0.4, -0.2) is 151 Å². The Hall–Kier alpha value is -2.80. The third-order valence-electron chi connectivity index (χ3n) is 10.6. The summed E-state index contributed by atoms with van der Waals surface area (Å²) < 4.78 is 48.3. The molecule has 3 N–H and O–H groups in total. The largest absolute Gasteiger partial charge is 0.462 e. The lowest BCUT2D eigenvalue weighted by Crippen LogP contribution is -2.66. The van der Waals surface area contributed by atoms with Crippen molar-refractivity contribution < 1.29 is 72.4 Å². The van der Waals surface area contributed by atoms with Crippen molar-refractivity contribution in [3.63, 3.8) is 0 Å². The average Bonchev–Trinajstić information content (AvgIpc) is 3.10. The maximum absolute atomic E-state index is 13.3. The van der Waals surface area contributed by atoms with Crippen LogP contribution in [0, 0.1) is 11.8 Å². The zero-order valence-corrected chi connectivity index (χ0v) is 34.5. The molecular formula is C40H65NO15. The van der Waals surface area contributed by atoms with Crippen molar-refractivity contribution in [2.24, 2.45) is 11.8 Å². The van der Waals surface area contributed by atoms with E-state index < -0.39 is 121 Å². The van der Waals surface area contributed by atoms with Crippen molar-refractivity contribution in [1.29, 1.82) is 0 Å². The maximum atomic E-state index is 13.3. The normalized spacial score (nSPS) is 41.6. The van der Waals surface area contributed by atoms with Crippen molar-refractivity contribution in [3.05, 3.63) is 24.3 Å². The highest BCUT2D eigenvalue weighted by molar-refractivity contribution is 5.72. The van der Waals surface area contributed by atoms with Gasteiger partial charge in [0, 0.05) is 39.7 Å². The van der Waals surface area contributed by atoms with Crippen LogP contribution in [0.25, 0.3) is 0 Å². The van der Waals surface area contributed by atoms with Gasteiger partial charge in [-0.15, -0.1) is 0 Å². The van der Waals surface area contributed by atoms with E-state index in [1.54, 1.807) is 64.9 Å². The number of hydrogen-bond donors (Lipinski definition) is 3. The highest BCUT2D eigenvalue weighted by Gasteiger charge is 2.53. The zero-order chi connectivity index (χ0) is 41.9. The Balaban J connectivity index is 2.02. The Morgan fingerprint density at radius 3 is 2.30 bits per heavy atom. The second-order valence-electron chi connectivity index (χ2n) is 15.7. The first-order valence-electron chi connectivity index (χ1n) is 19.6. The van der Waals surface area contributed by atoms with Gasteiger partial charge in [0.1, 0.15) is 42.4 Å². The molecule has 0 saturated carbocycles. The first-order valence-corrected chi connectivity index (χ1v) is 19.6. The van der Waals surface area contributed by atoms with E-state index in [1.165, 1.54) is 21.0 Å². The van der Waals surface area contributed by atoms with Crippen LogP contribution in [0.1, 0.15) is 87.0 Å². The molecule has 2 saturated heterocycles. The summed E-state index contributed by atoms with van der Waals surface area (Å²) in [5, 5.41) is 34.3. The molecule has 3 aliphatic rings. The van der Waals surface area contributed by atoms with Crippen LogP contribution in [0.2, 0.25) is 0 Å². The van der Waals surface area contributed by atoms with E-state index in [4.69, 9.17) is 37.9 Å². The van der Waals surface area contributed by atoms with Gasteiger partial charge in [-0.2, -0.15) is 0 Å². The number of allylic oxidation sites excluding steroid dienone is 2.